The number of nitrogens with two attached hydrogens (primary N) is 2. The standard InChI is InChI=1S/C11H13N3O3S/c12-9(15)5-14(6-10(13)16)11(17)7-1-3-8(18)4-2-7/h1-4,18H,5-6H2,(H2,12,15)(H2,13,16). The Kier molecular flexibility index (Phi) is 4.73. The van der Waals surface area contributed by atoms with E-state index in [9.17, 15) is 14.4 Å². The molecule has 4 N–H and O–H groups in total. The van der Waals surface area contributed by atoms with Crippen molar-refractivity contribution in [2.45, 2.75) is 4.90 Å². The number of nitrogens with zero attached hydrogens (tertiary/aromatic N) is 1. The van der Waals surface area contributed by atoms with E-state index in [-0.39, 0.29) is 13.1 Å². The molecule has 1 aromatic rings. The summed E-state index contributed by atoms with van der Waals surface area (Å²) >= 11 is 4.09. The number of thiol groups is 1. The molecule has 0 spiro atoms. The molecular weight excluding hydrogens is 254 g/mol. The van der Waals surface area contributed by atoms with Crippen LogP contribution in [0, 0.1) is 0 Å². The van der Waals surface area contributed by atoms with E-state index in [1.165, 1.54) is 0 Å². The fraction of sp³-hybridized carbons (Fsp3) is 0.182. The third kappa shape index (κ3) is 4.10. The number of primary amides is 2. The smallest absolute Gasteiger partial charge is 0.254 e. The molecule has 0 aliphatic rings. The van der Waals surface area contributed by atoms with Gasteiger partial charge in [0, 0.05) is 10.5 Å². The van der Waals surface area contributed by atoms with Crippen LogP contribution in [0.15, 0.2) is 29.2 Å². The number of amides is 3. The van der Waals surface area contributed by atoms with Gasteiger partial charge in [-0.2, -0.15) is 0 Å². The van der Waals surface area contributed by atoms with Gasteiger partial charge in [-0.3, -0.25) is 14.4 Å². The van der Waals surface area contributed by atoms with E-state index in [0.29, 0.717) is 10.5 Å². The molecular formula is C11H13N3O3S. The molecule has 0 aromatic heterocycles. The Labute approximate surface area is 109 Å². The van der Waals surface area contributed by atoms with Gasteiger partial charge in [0.05, 0.1) is 0 Å². The number of carbonyl (C=O) groups is 3. The number of hydrogen-bond donors (Lipinski definition) is 3. The minimum Gasteiger partial charge on any atom is -0.368 e. The molecule has 0 radical (unpaired) electrons. The average molecular weight is 267 g/mol. The molecule has 0 atom stereocenters. The number of benzene rings is 1. The highest BCUT2D eigenvalue weighted by atomic mass is 32.1. The minimum atomic E-state index is -0.713. The fourth-order valence-electron chi connectivity index (χ4n) is 1.36. The minimum absolute atomic E-state index is 0.329. The lowest BCUT2D eigenvalue weighted by molar-refractivity contribution is -0.121. The highest BCUT2D eigenvalue weighted by molar-refractivity contribution is 7.80. The van der Waals surface area contributed by atoms with Crippen LogP contribution in [0.4, 0.5) is 0 Å². The van der Waals surface area contributed by atoms with Gasteiger partial charge in [0.2, 0.25) is 11.8 Å². The van der Waals surface area contributed by atoms with Crippen molar-refractivity contribution in [3.05, 3.63) is 29.8 Å². The Morgan fingerprint density at radius 1 is 1.00 bits per heavy atom. The summed E-state index contributed by atoms with van der Waals surface area (Å²) in [5.74, 6) is -1.91. The first-order valence-electron chi connectivity index (χ1n) is 5.05. The molecule has 0 heterocycles. The average Bonchev–Trinajstić information content (AvgIpc) is 2.27. The summed E-state index contributed by atoms with van der Waals surface area (Å²) in [6, 6.07) is 6.34. The normalized spacial score (nSPS) is 9.83. The van der Waals surface area contributed by atoms with Crippen molar-refractivity contribution in [2.24, 2.45) is 11.5 Å². The summed E-state index contributed by atoms with van der Waals surface area (Å²) in [5.41, 5.74) is 10.4. The number of carbonyl (C=O) groups excluding carboxylic acids is 3. The summed E-state index contributed by atoms with van der Waals surface area (Å²) in [6.45, 7) is -0.713. The second-order valence-corrected chi connectivity index (χ2v) is 4.16. The van der Waals surface area contributed by atoms with Gasteiger partial charge >= 0.3 is 0 Å². The molecule has 0 saturated heterocycles. The molecule has 6 nitrogen and oxygen atoms in total. The van der Waals surface area contributed by atoms with Crippen LogP contribution in [0.3, 0.4) is 0 Å². The molecule has 7 heteroatoms. The predicted octanol–water partition coefficient (Wildman–Crippen LogP) is -0.612. The maximum atomic E-state index is 12.0. The van der Waals surface area contributed by atoms with Gasteiger partial charge in [-0.25, -0.2) is 0 Å². The first-order chi connectivity index (χ1) is 8.40. The fourth-order valence-corrected chi connectivity index (χ4v) is 1.51. The SMILES string of the molecule is NC(=O)CN(CC(N)=O)C(=O)c1ccc(S)cc1. The Morgan fingerprint density at radius 2 is 1.44 bits per heavy atom. The molecule has 0 aliphatic heterocycles. The topological polar surface area (TPSA) is 106 Å². The van der Waals surface area contributed by atoms with E-state index in [2.05, 4.69) is 12.6 Å². The van der Waals surface area contributed by atoms with Crippen LogP contribution >= 0.6 is 12.6 Å². The van der Waals surface area contributed by atoms with Crippen molar-refractivity contribution < 1.29 is 14.4 Å². The van der Waals surface area contributed by atoms with Crippen molar-refractivity contribution in [3.63, 3.8) is 0 Å². The van der Waals surface area contributed by atoms with Gasteiger partial charge in [-0.05, 0) is 24.3 Å². The van der Waals surface area contributed by atoms with Crippen LogP contribution in [0.25, 0.3) is 0 Å². The lowest BCUT2D eigenvalue weighted by Crippen LogP contribution is -2.43. The van der Waals surface area contributed by atoms with Gasteiger partial charge in [-0.15, -0.1) is 12.6 Å². The maximum Gasteiger partial charge on any atom is 0.254 e. The van der Waals surface area contributed by atoms with Crippen molar-refractivity contribution >= 4 is 30.4 Å². The highest BCUT2D eigenvalue weighted by Gasteiger charge is 2.19. The molecule has 1 rings (SSSR count). The predicted molar refractivity (Wildman–Crippen MR) is 68.0 cm³/mol. The largest absolute Gasteiger partial charge is 0.368 e. The molecule has 0 fully saturated rings. The van der Waals surface area contributed by atoms with E-state index >= 15 is 0 Å². The summed E-state index contributed by atoms with van der Waals surface area (Å²) in [7, 11) is 0. The third-order valence-corrected chi connectivity index (χ3v) is 2.39. The van der Waals surface area contributed by atoms with Crippen molar-refractivity contribution in [1.29, 1.82) is 0 Å². The van der Waals surface area contributed by atoms with Gasteiger partial charge in [0.25, 0.3) is 5.91 Å². The zero-order valence-electron chi connectivity index (χ0n) is 9.50. The van der Waals surface area contributed by atoms with E-state index in [1.54, 1.807) is 24.3 Å². The quantitative estimate of drug-likeness (QED) is 0.619. The number of hydrogen-bond acceptors (Lipinski definition) is 4. The maximum absolute atomic E-state index is 12.0. The van der Waals surface area contributed by atoms with E-state index in [1.807, 2.05) is 0 Å². The second kappa shape index (κ2) is 6.06. The van der Waals surface area contributed by atoms with Crippen LogP contribution in [-0.2, 0) is 9.59 Å². The molecule has 18 heavy (non-hydrogen) atoms. The Morgan fingerprint density at radius 3 is 1.83 bits per heavy atom. The van der Waals surface area contributed by atoms with Gasteiger partial charge in [0.15, 0.2) is 0 Å². The lowest BCUT2D eigenvalue weighted by Gasteiger charge is -2.19. The molecule has 0 bridgehead atoms. The monoisotopic (exact) mass is 267 g/mol. The summed E-state index contributed by atoms with van der Waals surface area (Å²) in [6.07, 6.45) is 0. The Hall–Kier alpha value is -2.02. The first-order valence-corrected chi connectivity index (χ1v) is 5.50. The lowest BCUT2D eigenvalue weighted by atomic mass is 10.2. The van der Waals surface area contributed by atoms with Crippen molar-refractivity contribution in [1.82, 2.24) is 4.90 Å². The molecule has 0 saturated carbocycles. The summed E-state index contributed by atoms with van der Waals surface area (Å²) in [5, 5.41) is 0. The summed E-state index contributed by atoms with van der Waals surface area (Å²) in [4.78, 5) is 35.4. The van der Waals surface area contributed by atoms with Crippen LogP contribution in [0.5, 0.6) is 0 Å². The second-order valence-electron chi connectivity index (χ2n) is 3.64. The van der Waals surface area contributed by atoms with Crippen LogP contribution < -0.4 is 11.5 Å². The van der Waals surface area contributed by atoms with Crippen LogP contribution in [-0.4, -0.2) is 35.7 Å². The van der Waals surface area contributed by atoms with Crippen LogP contribution in [0.1, 0.15) is 10.4 Å². The van der Waals surface area contributed by atoms with Crippen LogP contribution in [0.2, 0.25) is 0 Å². The zero-order valence-corrected chi connectivity index (χ0v) is 10.4. The van der Waals surface area contributed by atoms with E-state index in [0.717, 1.165) is 4.90 Å². The van der Waals surface area contributed by atoms with E-state index < -0.39 is 17.7 Å². The van der Waals surface area contributed by atoms with Crippen molar-refractivity contribution in [2.75, 3.05) is 13.1 Å². The molecule has 0 aliphatic carbocycles. The molecule has 1 aromatic carbocycles. The molecule has 96 valence electrons. The number of rotatable bonds is 5. The molecule has 0 unspecified atom stereocenters. The Balaban J connectivity index is 2.90. The summed E-state index contributed by atoms with van der Waals surface area (Å²) < 4.78 is 0. The zero-order chi connectivity index (χ0) is 13.7. The Bertz CT molecular complexity index is 457. The third-order valence-electron chi connectivity index (χ3n) is 2.09. The van der Waals surface area contributed by atoms with Gasteiger partial charge in [-0.1, -0.05) is 0 Å². The van der Waals surface area contributed by atoms with E-state index in [4.69, 9.17) is 11.5 Å². The van der Waals surface area contributed by atoms with Gasteiger partial charge < -0.3 is 16.4 Å². The first kappa shape index (κ1) is 14.0. The highest BCUT2D eigenvalue weighted by Crippen LogP contribution is 2.10. The van der Waals surface area contributed by atoms with Gasteiger partial charge in [0.1, 0.15) is 13.1 Å². The van der Waals surface area contributed by atoms with Crippen molar-refractivity contribution in [3.8, 4) is 0 Å². The molecule has 3 amide bonds.